The lowest BCUT2D eigenvalue weighted by molar-refractivity contribution is -0.161. The highest BCUT2D eigenvalue weighted by Crippen LogP contribution is 2.36. The van der Waals surface area contributed by atoms with Gasteiger partial charge >= 0.3 is 19.8 Å². The summed E-state index contributed by atoms with van der Waals surface area (Å²) in [5.74, 6) is -0.946. The fraction of sp³-hybridized carbons (Fsp3) is 0.617. The third-order valence-corrected chi connectivity index (χ3v) is 9.08. The summed E-state index contributed by atoms with van der Waals surface area (Å²) in [5, 5.41) is 0. The lowest BCUT2D eigenvalue weighted by Crippen LogP contribution is -2.29. The van der Waals surface area contributed by atoms with Crippen molar-refractivity contribution in [2.24, 2.45) is 0 Å². The van der Waals surface area contributed by atoms with Gasteiger partial charge < -0.3 is 19.3 Å². The minimum absolute atomic E-state index is 0.191. The molecule has 2 N–H and O–H groups in total. The van der Waals surface area contributed by atoms with Gasteiger partial charge in [0, 0.05) is 12.8 Å². The molecule has 0 heterocycles. The molecule has 318 valence electrons. The maximum absolute atomic E-state index is 12.4. The van der Waals surface area contributed by atoms with Crippen LogP contribution in [-0.4, -0.2) is 41.0 Å². The summed E-state index contributed by atoms with van der Waals surface area (Å²) in [6, 6.07) is 0. The molecule has 1 unspecified atom stereocenters. The van der Waals surface area contributed by atoms with Gasteiger partial charge in [0.05, 0.1) is 6.61 Å². The molecule has 0 aromatic carbocycles. The Kier molecular flexibility index (Phi) is 39.3. The zero-order chi connectivity index (χ0) is 41.1. The van der Waals surface area contributed by atoms with Crippen LogP contribution in [0.5, 0.6) is 0 Å². The molecule has 0 aliphatic rings. The van der Waals surface area contributed by atoms with E-state index in [2.05, 4.69) is 116 Å². The van der Waals surface area contributed by atoms with Crippen molar-refractivity contribution in [3.05, 3.63) is 97.2 Å². The van der Waals surface area contributed by atoms with Gasteiger partial charge in [0.15, 0.2) is 6.10 Å². The van der Waals surface area contributed by atoms with Gasteiger partial charge in [-0.2, -0.15) is 0 Å². The van der Waals surface area contributed by atoms with E-state index in [1.807, 2.05) is 0 Å². The number of carbonyl (C=O) groups excluding carboxylic acids is 2. The Morgan fingerprint density at radius 2 is 0.804 bits per heavy atom. The molecule has 0 saturated heterocycles. The second kappa shape index (κ2) is 41.6. The highest BCUT2D eigenvalue weighted by molar-refractivity contribution is 7.46. The Labute approximate surface area is 341 Å². The lowest BCUT2D eigenvalue weighted by Gasteiger charge is -2.18. The van der Waals surface area contributed by atoms with Crippen molar-refractivity contribution in [3.8, 4) is 0 Å². The van der Waals surface area contributed by atoms with E-state index < -0.39 is 32.5 Å². The zero-order valence-corrected chi connectivity index (χ0v) is 35.9. The Bertz CT molecular complexity index is 1220. The van der Waals surface area contributed by atoms with Crippen LogP contribution in [0, 0.1) is 0 Å². The van der Waals surface area contributed by atoms with E-state index in [1.165, 1.54) is 38.5 Å². The van der Waals surface area contributed by atoms with E-state index in [1.54, 1.807) is 0 Å². The molecule has 0 fully saturated rings. The first-order valence-corrected chi connectivity index (χ1v) is 23.1. The standard InChI is InChI=1S/C47H77O8P/c1-3-5-7-9-11-13-15-17-19-20-21-22-23-24-25-26-28-30-32-34-36-38-40-42-47(49)55-45(44-54-56(50,51)52)43-53-46(48)41-39-37-35-33-31-29-27-18-16-14-12-10-8-6-4-2/h5-8,11-14,17-19,21-22,27,31,33,45H,3-4,9-10,15-16,20,23-26,28-30,32,34-44H2,1-2H3,(H2,50,51,52)/b7-5-,8-6-,13-11-,14-12-,19-17-,22-21-,27-18-,33-31-. The number of hydrogen-bond acceptors (Lipinski definition) is 6. The molecule has 0 aliphatic heterocycles. The Hall–Kier alpha value is -3.03. The van der Waals surface area contributed by atoms with Gasteiger partial charge in [-0.3, -0.25) is 14.1 Å². The Balaban J connectivity index is 3.96. The quantitative estimate of drug-likeness (QED) is 0.0274. The van der Waals surface area contributed by atoms with Crippen molar-refractivity contribution in [2.75, 3.05) is 13.2 Å². The van der Waals surface area contributed by atoms with Crippen molar-refractivity contribution in [1.82, 2.24) is 0 Å². The van der Waals surface area contributed by atoms with Crippen LogP contribution >= 0.6 is 7.82 Å². The summed E-state index contributed by atoms with van der Waals surface area (Å²) in [4.78, 5) is 42.9. The molecular formula is C47H77O8P. The third kappa shape index (κ3) is 43.7. The van der Waals surface area contributed by atoms with Crippen LogP contribution < -0.4 is 0 Å². The van der Waals surface area contributed by atoms with Crippen LogP contribution in [-0.2, 0) is 28.2 Å². The number of rotatable bonds is 38. The van der Waals surface area contributed by atoms with Gasteiger partial charge in [0.25, 0.3) is 0 Å². The van der Waals surface area contributed by atoms with Crippen LogP contribution in [0.2, 0.25) is 0 Å². The van der Waals surface area contributed by atoms with E-state index in [-0.39, 0.29) is 19.4 Å². The van der Waals surface area contributed by atoms with Crippen LogP contribution in [0.25, 0.3) is 0 Å². The largest absolute Gasteiger partial charge is 0.469 e. The lowest BCUT2D eigenvalue weighted by atomic mass is 10.0. The molecule has 8 nitrogen and oxygen atoms in total. The molecule has 0 rings (SSSR count). The number of phosphoric ester groups is 1. The summed E-state index contributed by atoms with van der Waals surface area (Å²) in [6.07, 6.45) is 57.0. The molecule has 0 radical (unpaired) electrons. The molecule has 56 heavy (non-hydrogen) atoms. The van der Waals surface area contributed by atoms with Gasteiger partial charge in [-0.1, -0.05) is 162 Å². The summed E-state index contributed by atoms with van der Waals surface area (Å²) in [6.45, 7) is 3.41. The number of carbonyl (C=O) groups is 2. The monoisotopic (exact) mass is 801 g/mol. The number of ether oxygens (including phenoxy) is 2. The Morgan fingerprint density at radius 3 is 1.23 bits per heavy atom. The van der Waals surface area contributed by atoms with Crippen LogP contribution in [0.15, 0.2) is 97.2 Å². The normalized spacial score (nSPS) is 13.4. The van der Waals surface area contributed by atoms with Crippen molar-refractivity contribution in [3.63, 3.8) is 0 Å². The zero-order valence-electron chi connectivity index (χ0n) is 35.0. The summed E-state index contributed by atoms with van der Waals surface area (Å²) < 4.78 is 26.4. The minimum atomic E-state index is -4.77. The van der Waals surface area contributed by atoms with Crippen molar-refractivity contribution in [2.45, 2.75) is 174 Å². The molecule has 0 spiro atoms. The van der Waals surface area contributed by atoms with Crippen molar-refractivity contribution in [1.29, 1.82) is 0 Å². The molecule has 1 atom stereocenters. The molecule has 0 aliphatic carbocycles. The number of phosphoric acid groups is 1. The maximum atomic E-state index is 12.4. The van der Waals surface area contributed by atoms with Gasteiger partial charge in [-0.15, -0.1) is 0 Å². The molecule has 0 bridgehead atoms. The smallest absolute Gasteiger partial charge is 0.462 e. The van der Waals surface area contributed by atoms with Crippen LogP contribution in [0.1, 0.15) is 168 Å². The fourth-order valence-electron chi connectivity index (χ4n) is 5.47. The van der Waals surface area contributed by atoms with E-state index in [0.717, 1.165) is 89.9 Å². The molecule has 9 heteroatoms. The number of unbranched alkanes of at least 4 members (excludes halogenated alkanes) is 12. The third-order valence-electron chi connectivity index (χ3n) is 8.60. The van der Waals surface area contributed by atoms with Gasteiger partial charge in [0.1, 0.15) is 6.61 Å². The minimum Gasteiger partial charge on any atom is -0.462 e. The molecule has 0 amide bonds. The van der Waals surface area contributed by atoms with Gasteiger partial charge in [-0.25, -0.2) is 4.57 Å². The first kappa shape index (κ1) is 53.0. The van der Waals surface area contributed by atoms with E-state index >= 15 is 0 Å². The van der Waals surface area contributed by atoms with E-state index in [0.29, 0.717) is 12.8 Å². The predicted molar refractivity (Wildman–Crippen MR) is 234 cm³/mol. The molecule has 0 saturated carbocycles. The van der Waals surface area contributed by atoms with Crippen molar-refractivity contribution >= 4 is 19.8 Å². The number of allylic oxidation sites excluding steroid dienone is 16. The summed E-state index contributed by atoms with van der Waals surface area (Å²) in [7, 11) is -4.77. The summed E-state index contributed by atoms with van der Waals surface area (Å²) >= 11 is 0. The average Bonchev–Trinajstić information content (AvgIpc) is 3.17. The topological polar surface area (TPSA) is 119 Å². The van der Waals surface area contributed by atoms with E-state index in [9.17, 15) is 14.2 Å². The summed E-state index contributed by atoms with van der Waals surface area (Å²) in [5.41, 5.74) is 0. The first-order chi connectivity index (χ1) is 27.3. The average molecular weight is 801 g/mol. The van der Waals surface area contributed by atoms with Crippen LogP contribution in [0.3, 0.4) is 0 Å². The van der Waals surface area contributed by atoms with Crippen molar-refractivity contribution < 1.29 is 37.9 Å². The van der Waals surface area contributed by atoms with Gasteiger partial charge in [0.2, 0.25) is 0 Å². The second-order valence-electron chi connectivity index (χ2n) is 13.9. The molecule has 0 aromatic rings. The fourth-order valence-corrected chi connectivity index (χ4v) is 5.83. The highest BCUT2D eigenvalue weighted by atomic mass is 31.2. The molecule has 0 aromatic heterocycles. The molecular weight excluding hydrogens is 723 g/mol. The number of hydrogen-bond donors (Lipinski definition) is 2. The van der Waals surface area contributed by atoms with Crippen LogP contribution in [0.4, 0.5) is 0 Å². The Morgan fingerprint density at radius 1 is 0.464 bits per heavy atom. The van der Waals surface area contributed by atoms with Gasteiger partial charge in [-0.05, 0) is 89.9 Å². The predicted octanol–water partition coefficient (Wildman–Crippen LogP) is 13.4. The SMILES string of the molecule is CC/C=C\C/C=C\C/C=C\C/C=C\CCCCCCCCCCCCC(=O)OC(COC(=O)CCCC/C=C\C/C=C\C/C=C\C/C=C\CC)COP(=O)(O)O. The number of esters is 2. The first-order valence-electron chi connectivity index (χ1n) is 21.5. The second-order valence-corrected chi connectivity index (χ2v) is 15.1. The van der Waals surface area contributed by atoms with E-state index in [4.69, 9.17) is 19.3 Å². The maximum Gasteiger partial charge on any atom is 0.469 e. The highest BCUT2D eigenvalue weighted by Gasteiger charge is 2.22.